The van der Waals surface area contributed by atoms with Crippen LogP contribution in [0.5, 0.6) is 0 Å². The molecule has 1 saturated heterocycles. The molecule has 220 valence electrons. The number of aromatic nitrogens is 3. The molecule has 42 heavy (non-hydrogen) atoms. The predicted molar refractivity (Wildman–Crippen MR) is 169 cm³/mol. The summed E-state index contributed by atoms with van der Waals surface area (Å²) in [4.78, 5) is 24.4. The second-order valence-corrected chi connectivity index (χ2v) is 11.9. The summed E-state index contributed by atoms with van der Waals surface area (Å²) in [5.41, 5.74) is 6.60. The zero-order valence-electron chi connectivity index (χ0n) is 24.8. The molecule has 4 aromatic rings. The van der Waals surface area contributed by atoms with Crippen LogP contribution in [-0.2, 0) is 22.5 Å². The summed E-state index contributed by atoms with van der Waals surface area (Å²) in [6, 6.07) is 21.4. The fourth-order valence-corrected chi connectivity index (χ4v) is 6.52. The van der Waals surface area contributed by atoms with Gasteiger partial charge in [-0.3, -0.25) is 9.78 Å². The molecule has 6 rings (SSSR count). The number of ketones is 1. The first-order valence-electron chi connectivity index (χ1n) is 15.7. The number of morpholine rings is 1. The van der Waals surface area contributed by atoms with Crippen molar-refractivity contribution in [1.82, 2.24) is 19.9 Å². The van der Waals surface area contributed by atoms with Crippen LogP contribution in [-0.4, -0.2) is 53.2 Å². The molecule has 0 radical (unpaired) electrons. The molecule has 1 saturated carbocycles. The summed E-state index contributed by atoms with van der Waals surface area (Å²) >= 11 is 0. The second-order valence-electron chi connectivity index (χ2n) is 11.9. The maximum atomic E-state index is 12.3. The van der Waals surface area contributed by atoms with Crippen molar-refractivity contribution in [2.45, 2.75) is 64.5 Å². The summed E-state index contributed by atoms with van der Waals surface area (Å²) < 4.78 is 7.86. The van der Waals surface area contributed by atoms with Gasteiger partial charge in [0.05, 0.1) is 24.2 Å². The Hall–Kier alpha value is -3.55. The Morgan fingerprint density at radius 1 is 1.02 bits per heavy atom. The average molecular weight is 566 g/mol. The highest BCUT2D eigenvalue weighted by molar-refractivity contribution is 5.82. The Morgan fingerprint density at radius 3 is 2.57 bits per heavy atom. The number of pyridine rings is 1. The number of benzene rings is 2. The number of carbonyl (C=O) groups is 1. The predicted octanol–water partition coefficient (Wildman–Crippen LogP) is 6.37. The highest BCUT2D eigenvalue weighted by atomic mass is 16.5. The number of aryl methyl sites for hydroxylation is 2. The third-order valence-electron chi connectivity index (χ3n) is 8.86. The molecule has 2 aliphatic rings. The topological polar surface area (TPSA) is 72.3 Å². The number of anilines is 1. The van der Waals surface area contributed by atoms with E-state index < -0.39 is 0 Å². The number of hydrogen-bond donors (Lipinski definition) is 1. The smallest absolute Gasteiger partial charge is 0.141 e. The number of rotatable bonds is 11. The van der Waals surface area contributed by atoms with Gasteiger partial charge in [0.25, 0.3) is 0 Å². The summed E-state index contributed by atoms with van der Waals surface area (Å²) in [6.07, 6.45) is 9.74. The first-order valence-corrected chi connectivity index (χ1v) is 15.7. The van der Waals surface area contributed by atoms with Crippen molar-refractivity contribution in [2.75, 3.05) is 37.7 Å². The SMILES string of the molecule is CC(=O)CC(NCC1CCCCC1)c1ccc2c(c1)nc(-c1ccc(N3CCOCC3)cc1)n2CCc1ccccn1. The standard InChI is InChI=1S/C35H43N5O2/c1-26(41)23-32(37-25-27-7-3-2-4-8-27)29-12-15-34-33(24-29)38-35(40(34)18-16-30-9-5-6-17-36-30)28-10-13-31(14-11-28)39-19-21-42-22-20-39/h5-6,9-15,17,24,27,32,37H,2-4,7-8,16,18-23,25H2,1H3. The lowest BCUT2D eigenvalue weighted by atomic mass is 9.89. The second kappa shape index (κ2) is 13.6. The lowest BCUT2D eigenvalue weighted by molar-refractivity contribution is -0.117. The molecule has 1 aliphatic heterocycles. The van der Waals surface area contributed by atoms with Crippen LogP contribution >= 0.6 is 0 Å². The van der Waals surface area contributed by atoms with Crippen molar-refractivity contribution in [3.8, 4) is 11.4 Å². The van der Waals surface area contributed by atoms with E-state index in [0.29, 0.717) is 12.3 Å². The Morgan fingerprint density at radius 2 is 1.83 bits per heavy atom. The molecule has 7 nitrogen and oxygen atoms in total. The van der Waals surface area contributed by atoms with Gasteiger partial charge in [0, 0.05) is 61.7 Å². The maximum Gasteiger partial charge on any atom is 0.141 e. The normalized spacial score (nSPS) is 17.0. The van der Waals surface area contributed by atoms with Crippen LogP contribution in [0.2, 0.25) is 0 Å². The summed E-state index contributed by atoms with van der Waals surface area (Å²) in [5, 5.41) is 3.76. The van der Waals surface area contributed by atoms with E-state index in [1.807, 2.05) is 18.3 Å². The average Bonchev–Trinajstić information content (AvgIpc) is 3.41. The number of imidazole rings is 1. The molecule has 2 aromatic carbocycles. The molecule has 1 unspecified atom stereocenters. The number of carbonyl (C=O) groups excluding carboxylic acids is 1. The van der Waals surface area contributed by atoms with Crippen LogP contribution in [0.3, 0.4) is 0 Å². The Bertz CT molecular complexity index is 1450. The highest BCUT2D eigenvalue weighted by Crippen LogP contribution is 2.31. The molecule has 1 N–H and O–H groups in total. The molecule has 1 atom stereocenters. The van der Waals surface area contributed by atoms with Crippen molar-refractivity contribution in [1.29, 1.82) is 0 Å². The molecule has 3 heterocycles. The van der Waals surface area contributed by atoms with E-state index in [1.54, 1.807) is 6.92 Å². The van der Waals surface area contributed by atoms with Crippen LogP contribution in [0.1, 0.15) is 62.7 Å². The van der Waals surface area contributed by atoms with Gasteiger partial charge in [0.1, 0.15) is 11.6 Å². The van der Waals surface area contributed by atoms with E-state index >= 15 is 0 Å². The van der Waals surface area contributed by atoms with Crippen LogP contribution in [0.4, 0.5) is 5.69 Å². The van der Waals surface area contributed by atoms with Gasteiger partial charge in [-0.1, -0.05) is 31.4 Å². The summed E-state index contributed by atoms with van der Waals surface area (Å²) in [7, 11) is 0. The highest BCUT2D eigenvalue weighted by Gasteiger charge is 2.21. The number of fused-ring (bicyclic) bond motifs is 1. The fourth-order valence-electron chi connectivity index (χ4n) is 6.52. The van der Waals surface area contributed by atoms with Crippen LogP contribution in [0.15, 0.2) is 66.9 Å². The number of Topliss-reactive ketones (excluding diaryl/α,β-unsaturated/α-hetero) is 1. The Balaban J connectivity index is 1.31. The molecule has 0 amide bonds. The van der Waals surface area contributed by atoms with E-state index in [9.17, 15) is 4.79 Å². The molecule has 7 heteroatoms. The molecule has 2 aromatic heterocycles. The van der Waals surface area contributed by atoms with Crippen molar-refractivity contribution in [2.24, 2.45) is 5.92 Å². The monoisotopic (exact) mass is 565 g/mol. The van der Waals surface area contributed by atoms with Crippen LogP contribution < -0.4 is 10.2 Å². The van der Waals surface area contributed by atoms with Gasteiger partial charge in [-0.15, -0.1) is 0 Å². The third kappa shape index (κ3) is 6.90. The maximum absolute atomic E-state index is 12.3. The summed E-state index contributed by atoms with van der Waals surface area (Å²) in [5.74, 6) is 1.87. The fraction of sp³-hybridized carbons (Fsp3) is 0.457. The van der Waals surface area contributed by atoms with Gasteiger partial charge < -0.3 is 19.5 Å². The number of nitrogens with one attached hydrogen (secondary N) is 1. The molecule has 2 fully saturated rings. The molecular weight excluding hydrogens is 522 g/mol. The Kier molecular flexibility index (Phi) is 9.26. The minimum absolute atomic E-state index is 0.00347. The quantitative estimate of drug-likeness (QED) is 0.228. The number of nitrogens with zero attached hydrogens (tertiary/aromatic N) is 4. The third-order valence-corrected chi connectivity index (χ3v) is 8.86. The van der Waals surface area contributed by atoms with Gasteiger partial charge in [-0.2, -0.15) is 0 Å². The number of ether oxygens (including phenoxy) is 1. The molecule has 0 spiro atoms. The molecular formula is C35H43N5O2. The van der Waals surface area contributed by atoms with Crippen LogP contribution in [0.25, 0.3) is 22.4 Å². The minimum atomic E-state index is 0.00347. The van der Waals surface area contributed by atoms with Crippen molar-refractivity contribution in [3.63, 3.8) is 0 Å². The first-order chi connectivity index (χ1) is 20.6. The van der Waals surface area contributed by atoms with Gasteiger partial charge in [-0.25, -0.2) is 4.98 Å². The zero-order valence-corrected chi connectivity index (χ0v) is 24.8. The van der Waals surface area contributed by atoms with Gasteiger partial charge in [0.2, 0.25) is 0 Å². The van der Waals surface area contributed by atoms with E-state index in [4.69, 9.17) is 9.72 Å². The van der Waals surface area contributed by atoms with E-state index in [-0.39, 0.29) is 11.8 Å². The Labute approximate surface area is 249 Å². The van der Waals surface area contributed by atoms with Gasteiger partial charge in [-0.05, 0) is 86.3 Å². The van der Waals surface area contributed by atoms with Crippen molar-refractivity contribution < 1.29 is 9.53 Å². The lowest BCUT2D eigenvalue weighted by Gasteiger charge is -2.28. The van der Waals surface area contributed by atoms with E-state index in [0.717, 1.165) is 79.5 Å². The number of hydrogen-bond acceptors (Lipinski definition) is 6. The van der Waals surface area contributed by atoms with Crippen molar-refractivity contribution in [3.05, 3.63) is 78.1 Å². The van der Waals surface area contributed by atoms with Gasteiger partial charge in [0.15, 0.2) is 0 Å². The lowest BCUT2D eigenvalue weighted by Crippen LogP contribution is -2.36. The first kappa shape index (κ1) is 28.6. The van der Waals surface area contributed by atoms with E-state index in [2.05, 4.69) is 68.3 Å². The minimum Gasteiger partial charge on any atom is -0.378 e. The van der Waals surface area contributed by atoms with Crippen molar-refractivity contribution >= 4 is 22.5 Å². The zero-order chi connectivity index (χ0) is 28.7. The molecule has 1 aliphatic carbocycles. The molecule has 0 bridgehead atoms. The largest absolute Gasteiger partial charge is 0.378 e. The van der Waals surface area contributed by atoms with Crippen LogP contribution in [0, 0.1) is 5.92 Å². The van der Waals surface area contributed by atoms with Gasteiger partial charge >= 0.3 is 0 Å². The van der Waals surface area contributed by atoms with E-state index in [1.165, 1.54) is 37.8 Å². The summed E-state index contributed by atoms with van der Waals surface area (Å²) in [6.45, 7) is 6.82.